The average molecular weight is 986 g/mol. The molecule has 4 aromatic heterocycles. The van der Waals surface area contributed by atoms with Gasteiger partial charge < -0.3 is 50.5 Å². The van der Waals surface area contributed by atoms with Crippen LogP contribution in [-0.2, 0) is 54.7 Å². The molecule has 0 saturated carbocycles. The number of anilines is 2. The molecule has 0 amide bonds. The van der Waals surface area contributed by atoms with Crippen molar-refractivity contribution in [1.29, 1.82) is 10.5 Å². The molecule has 2 aliphatic heterocycles. The SMILES string of the molecule is C.ClB(Cl)Cl.N#CC1(c2ccc3c(N)ncnn23)O[C@H](COCc2ccccc2)[C@@H](OCc2ccccc2)[C@H]1OCc1ccccc1.N#C[C@@]1(c2ccc3c(N)ncnn23)O[C@H](CO)[C@@H](O)[C@H]1O. The van der Waals surface area contributed by atoms with E-state index in [0.29, 0.717) is 35.8 Å². The van der Waals surface area contributed by atoms with Gasteiger partial charge >= 0.3 is 4.96 Å². The molecule has 18 nitrogen and oxygen atoms in total. The molecule has 2 saturated heterocycles. The Bertz CT molecular complexity index is 2790. The van der Waals surface area contributed by atoms with Crippen molar-refractivity contribution < 1.29 is 39.0 Å². The Kier molecular flexibility index (Phi) is 17.7. The van der Waals surface area contributed by atoms with Gasteiger partial charge in [-0.3, -0.25) is 0 Å². The number of fused-ring (bicyclic) bond motifs is 2. The first-order valence-corrected chi connectivity index (χ1v) is 21.9. The maximum atomic E-state index is 10.9. The van der Waals surface area contributed by atoms with Gasteiger partial charge in [0, 0.05) is 0 Å². The summed E-state index contributed by atoms with van der Waals surface area (Å²) in [6, 6.07) is 40.5. The third-order valence-corrected chi connectivity index (χ3v) is 11.0. The smallest absolute Gasteiger partial charge is 0.394 e. The van der Waals surface area contributed by atoms with Crippen molar-refractivity contribution in [3.8, 4) is 12.1 Å². The summed E-state index contributed by atoms with van der Waals surface area (Å²) in [4.78, 5) is 7.18. The van der Waals surface area contributed by atoms with Gasteiger partial charge in [0.2, 0.25) is 11.2 Å². The Labute approximate surface area is 406 Å². The first-order valence-electron chi connectivity index (χ1n) is 20.6. The molecule has 0 radical (unpaired) electrons. The van der Waals surface area contributed by atoms with Crippen LogP contribution in [-0.4, -0.2) is 99.3 Å². The van der Waals surface area contributed by atoms with E-state index in [1.54, 1.807) is 22.7 Å². The largest absolute Gasteiger partial charge is 0.450 e. The summed E-state index contributed by atoms with van der Waals surface area (Å²) in [7, 11) is 0. The van der Waals surface area contributed by atoms with Crippen molar-refractivity contribution in [2.75, 3.05) is 24.7 Å². The molecule has 9 rings (SSSR count). The first-order chi connectivity index (χ1) is 32.5. The van der Waals surface area contributed by atoms with Crippen LogP contribution in [0.2, 0.25) is 0 Å². The van der Waals surface area contributed by atoms with Gasteiger partial charge in [-0.1, -0.05) is 98.4 Å². The number of nitrogen functional groups attached to an aromatic ring is 2. The van der Waals surface area contributed by atoms with E-state index in [1.807, 2.05) is 97.1 Å². The van der Waals surface area contributed by atoms with Gasteiger partial charge in [-0.15, -0.1) is 0 Å². The van der Waals surface area contributed by atoms with Gasteiger partial charge in [-0.25, -0.2) is 19.0 Å². The first kappa shape index (κ1) is 51.5. The summed E-state index contributed by atoms with van der Waals surface area (Å²) < 4.78 is 34.3. The molecule has 0 aliphatic carbocycles. The minimum absolute atomic E-state index is 0. The van der Waals surface area contributed by atoms with Crippen LogP contribution in [0.5, 0.6) is 0 Å². The van der Waals surface area contributed by atoms with E-state index in [-0.39, 0.29) is 32.2 Å². The van der Waals surface area contributed by atoms with Crippen molar-refractivity contribution >= 4 is 62.0 Å². The Morgan fingerprint density at radius 3 is 1.56 bits per heavy atom. The van der Waals surface area contributed by atoms with E-state index >= 15 is 0 Å². The van der Waals surface area contributed by atoms with Gasteiger partial charge in [-0.05, 0) is 41.0 Å². The summed E-state index contributed by atoms with van der Waals surface area (Å²) in [5.74, 6) is 0.500. The highest BCUT2D eigenvalue weighted by atomic mass is 35.6. The molecule has 354 valence electrons. The van der Waals surface area contributed by atoms with Crippen LogP contribution in [0.3, 0.4) is 0 Å². The highest BCUT2D eigenvalue weighted by Crippen LogP contribution is 2.44. The molecule has 0 spiro atoms. The maximum Gasteiger partial charge on any atom is 0.450 e. The topological polar surface area (TPSA) is 267 Å². The second kappa shape index (κ2) is 23.4. The lowest BCUT2D eigenvalue weighted by Gasteiger charge is -2.29. The van der Waals surface area contributed by atoms with Crippen molar-refractivity contribution in [3.05, 3.63) is 156 Å². The van der Waals surface area contributed by atoms with Crippen LogP contribution >= 0.6 is 34.4 Å². The molecule has 68 heavy (non-hydrogen) atoms. The van der Waals surface area contributed by atoms with Crippen LogP contribution < -0.4 is 11.5 Å². The van der Waals surface area contributed by atoms with E-state index in [2.05, 4.69) is 26.2 Å². The van der Waals surface area contributed by atoms with Crippen LogP contribution in [0.4, 0.5) is 11.6 Å². The van der Waals surface area contributed by atoms with E-state index in [4.69, 9.17) is 69.5 Å². The fourth-order valence-corrected chi connectivity index (χ4v) is 7.88. The molecule has 22 heteroatoms. The number of nitriles is 2. The number of hydrogen-bond acceptors (Lipinski definition) is 16. The van der Waals surface area contributed by atoms with Crippen LogP contribution in [0.1, 0.15) is 35.5 Å². The van der Waals surface area contributed by atoms with Crippen LogP contribution in [0.25, 0.3) is 11.0 Å². The Morgan fingerprint density at radius 2 is 1.10 bits per heavy atom. The minimum atomic E-state index is -1.85. The molecule has 1 unspecified atom stereocenters. The van der Waals surface area contributed by atoms with Crippen molar-refractivity contribution in [1.82, 2.24) is 29.2 Å². The molecular weight excluding hydrogens is 938 g/mol. The molecule has 8 atom stereocenters. The van der Waals surface area contributed by atoms with Gasteiger partial charge in [-0.2, -0.15) is 55.1 Å². The van der Waals surface area contributed by atoms with Crippen molar-refractivity contribution in [3.63, 3.8) is 0 Å². The third kappa shape index (κ3) is 11.0. The van der Waals surface area contributed by atoms with Gasteiger partial charge in [0.1, 0.15) is 72.5 Å². The Hall–Kier alpha value is -5.91. The van der Waals surface area contributed by atoms with E-state index in [1.165, 1.54) is 23.2 Å². The lowest BCUT2D eigenvalue weighted by molar-refractivity contribution is -0.0971. The molecule has 3 aromatic carbocycles. The number of rotatable bonds is 13. The third-order valence-electron chi connectivity index (χ3n) is 11.0. The zero-order valence-corrected chi connectivity index (χ0v) is 37.7. The summed E-state index contributed by atoms with van der Waals surface area (Å²) >= 11 is 14.4. The number of halogens is 3. The predicted octanol–water partition coefficient (Wildman–Crippen LogP) is 5.28. The van der Waals surface area contributed by atoms with E-state index in [9.17, 15) is 25.8 Å². The predicted molar refractivity (Wildman–Crippen MR) is 254 cm³/mol. The lowest BCUT2D eigenvalue weighted by atomic mass is 9.92. The van der Waals surface area contributed by atoms with E-state index < -0.39 is 59.4 Å². The van der Waals surface area contributed by atoms with E-state index in [0.717, 1.165) is 16.7 Å². The van der Waals surface area contributed by atoms with Gasteiger partial charge in [0.05, 0.1) is 44.4 Å². The highest BCUT2D eigenvalue weighted by molar-refractivity contribution is 7.54. The van der Waals surface area contributed by atoms with Crippen molar-refractivity contribution in [2.45, 2.75) is 75.1 Å². The summed E-state index contributed by atoms with van der Waals surface area (Å²) in [6.07, 6.45) is -3.52. The molecule has 6 heterocycles. The number of aromatic nitrogens is 6. The second-order valence-electron chi connectivity index (χ2n) is 15.2. The average Bonchev–Trinajstić information content (AvgIpc) is 4.12. The van der Waals surface area contributed by atoms with Gasteiger partial charge in [0.15, 0.2) is 11.6 Å². The number of nitrogens with two attached hydrogens (primary N) is 2. The number of ether oxygens (including phenoxy) is 5. The molecule has 2 fully saturated rings. The van der Waals surface area contributed by atoms with Crippen LogP contribution in [0.15, 0.2) is 128 Å². The van der Waals surface area contributed by atoms with Crippen LogP contribution in [0, 0.1) is 22.7 Å². The minimum Gasteiger partial charge on any atom is -0.394 e. The highest BCUT2D eigenvalue weighted by Gasteiger charge is 2.60. The molecule has 2 aliphatic rings. The monoisotopic (exact) mass is 984 g/mol. The number of benzene rings is 3. The summed E-state index contributed by atoms with van der Waals surface area (Å²) in [5.41, 5.74) is 13.1. The quantitative estimate of drug-likeness (QED) is 0.0920. The zero-order chi connectivity index (χ0) is 47.6. The second-order valence-corrected chi connectivity index (χ2v) is 17.2. The van der Waals surface area contributed by atoms with Gasteiger partial charge in [0.25, 0.3) is 0 Å². The number of aliphatic hydroxyl groups is 3. The maximum absolute atomic E-state index is 10.9. The number of hydrogen-bond donors (Lipinski definition) is 5. The molecular formula is C46H48BCl3N10O8. The van der Waals surface area contributed by atoms with Crippen molar-refractivity contribution in [2.24, 2.45) is 0 Å². The number of aliphatic hydroxyl groups excluding tert-OH is 3. The Morgan fingerprint density at radius 1 is 0.662 bits per heavy atom. The summed E-state index contributed by atoms with van der Waals surface area (Å²) in [6.45, 7) is 0.604. The lowest BCUT2D eigenvalue weighted by Crippen LogP contribution is -2.44. The fraction of sp³-hybridized carbons (Fsp3) is 0.304. The molecule has 7 N–H and O–H groups in total. The molecule has 7 aromatic rings. The Balaban J connectivity index is 0.000000244. The normalized spacial score (nSPS) is 23.9. The fourth-order valence-electron chi connectivity index (χ4n) is 7.88. The standard InChI is InChI=1S/C33H31N5O4.C12H13N5O4.CH4.BCl3/c34-22-33(29-17-16-27-32(35)36-23-37-38(27)29)31(41-20-26-14-8-3-9-15-26)30(40-19-25-12-6-2-7-13-25)28(42-33)21-39-18-24-10-4-1-5-11-24;13-4-12(10(20)9(19)7(3-18)21-12)8-2-1-6-11(14)15-5-16-17(6)8;;2-1(3)4/h1-17,23,28,30-31H,18-21H2,(H2,35,36,37);1-2,5,7,9-10,18-20H,3H2,(H2,14,15,16);1H4;/t28-,30-,31-,33?;7-,9-,10-,12+;;/m11../s1. The zero-order valence-electron chi connectivity index (χ0n) is 35.5. The summed E-state index contributed by atoms with van der Waals surface area (Å²) in [5, 5.41) is 58.1. The molecule has 0 bridgehead atoms. The number of nitrogens with zero attached hydrogens (tertiary/aromatic N) is 8.